The van der Waals surface area contributed by atoms with E-state index in [4.69, 9.17) is 54.5 Å². The first-order valence-corrected chi connectivity index (χ1v) is 47.1. The molecule has 0 aromatic heterocycles. The largest absolute Gasteiger partial charge is 0.478 e. The van der Waals surface area contributed by atoms with Crippen LogP contribution in [-0.2, 0) is 138 Å². The first kappa shape index (κ1) is 114. The molecule has 4 saturated heterocycles. The number of aliphatic hydroxyl groups is 3. The number of carbonyl (C=O) groups is 16. The zero-order chi connectivity index (χ0) is 107. The van der Waals surface area contributed by atoms with Crippen molar-refractivity contribution in [3.05, 3.63) is 237 Å². The van der Waals surface area contributed by atoms with Crippen molar-refractivity contribution < 1.29 is 135 Å². The van der Waals surface area contributed by atoms with Crippen LogP contribution in [0.3, 0.4) is 0 Å². The maximum absolute atomic E-state index is 13.5. The van der Waals surface area contributed by atoms with Gasteiger partial charge in [-0.25, -0.2) is 14.4 Å². The lowest BCUT2D eigenvalue weighted by molar-refractivity contribution is -0.177. The Kier molecular flexibility index (Phi) is 39.3. The SMILES string of the molecule is CC(=O)O[C@@H](C(=O)Nc1ccc(CNC(=O)OC(C)(C)C)cc1)[C@H]1OCCN(c2ccc3c(c2)C(=O)N(C)C3)C1=O.CC(=O)O[C@@H](C(=O)O)[C@H]1OCCN(c2ccc3c(c2)C(=O)N(C)C3)C1=O.CCc1ccc(N)cc1.CN1Cc2ccc(N3CCO[C@H]([C@@H](O)C(=O)Nc4ccc(CN)cc4)C3=O)cc2C1=O.CN1Cc2ccc(N3CCO[C@H]([C@@H](O)C(=O)Nc4ccc(CNC(=O)OC(C)(C)C)cc4)C3=O)cc2C1=O.CO.N. The number of fused-ring (bicyclic) bond motifs is 4. The van der Waals surface area contributed by atoms with Gasteiger partial charge in [0.15, 0.2) is 36.6 Å². The van der Waals surface area contributed by atoms with E-state index < -0.39 is 131 Å². The Balaban J connectivity index is 0.000000196. The highest BCUT2D eigenvalue weighted by Gasteiger charge is 2.47. The molecule has 8 aliphatic heterocycles. The van der Waals surface area contributed by atoms with Crippen molar-refractivity contribution in [2.75, 3.05) is 129 Å². The van der Waals surface area contributed by atoms with Crippen LogP contribution in [0.2, 0.25) is 0 Å². The fraction of sp³-hybridized carbons (Fsp3) is 0.385. The third-order valence-electron chi connectivity index (χ3n) is 23.8. The highest BCUT2D eigenvalue weighted by Crippen LogP contribution is 2.36. The lowest BCUT2D eigenvalue weighted by Crippen LogP contribution is -2.56. The van der Waals surface area contributed by atoms with Gasteiger partial charge in [-0.15, -0.1) is 0 Å². The summed E-state index contributed by atoms with van der Waals surface area (Å²) in [6.07, 6.45) is -12.3. The van der Waals surface area contributed by atoms with Crippen molar-refractivity contribution >= 4 is 141 Å². The van der Waals surface area contributed by atoms with Crippen LogP contribution >= 0.6 is 0 Å². The molecular formula is C104H126N16O28. The van der Waals surface area contributed by atoms with E-state index in [2.05, 4.69) is 45.6 Å². The number of aliphatic carboxylic acids is 1. The number of alkyl carbamates (subject to hydrolysis) is 2. The number of nitrogens with two attached hydrogens (primary N) is 2. The number of carboxylic acid groups (broad SMARTS) is 1. The van der Waals surface area contributed by atoms with Crippen molar-refractivity contribution in [1.29, 1.82) is 0 Å². The lowest BCUT2D eigenvalue weighted by Gasteiger charge is -2.35. The molecule has 0 unspecified atom stereocenters. The van der Waals surface area contributed by atoms with Crippen molar-refractivity contribution in [3.8, 4) is 0 Å². The molecule has 8 aromatic carbocycles. The molecule has 0 aliphatic carbocycles. The molecule has 8 heterocycles. The second kappa shape index (κ2) is 50.9. The number of morpholine rings is 4. The van der Waals surface area contributed by atoms with E-state index in [0.717, 1.165) is 72.0 Å². The molecule has 16 N–H and O–H groups in total. The molecule has 0 saturated carbocycles. The summed E-state index contributed by atoms with van der Waals surface area (Å²) in [6, 6.07) is 48.8. The summed E-state index contributed by atoms with van der Waals surface area (Å²) in [5, 5.41) is 50.5. The van der Waals surface area contributed by atoms with Gasteiger partial charge in [-0.05, 0) is 190 Å². The number of benzene rings is 8. The Bertz CT molecular complexity index is 6220. The quantitative estimate of drug-likeness (QED) is 0.0180. The Morgan fingerprint density at radius 1 is 0.399 bits per heavy atom. The maximum Gasteiger partial charge on any atom is 0.407 e. The zero-order valence-corrected chi connectivity index (χ0v) is 84.6. The van der Waals surface area contributed by atoms with Crippen molar-refractivity contribution in [2.45, 2.75) is 175 Å². The summed E-state index contributed by atoms with van der Waals surface area (Å²) in [4.78, 5) is 210. The highest BCUT2D eigenvalue weighted by molar-refractivity contribution is 6.10. The molecule has 8 aromatic rings. The molecule has 16 rings (SSSR count). The molecule has 44 nitrogen and oxygen atoms in total. The molecule has 0 spiro atoms. The van der Waals surface area contributed by atoms with E-state index >= 15 is 0 Å². The van der Waals surface area contributed by atoms with E-state index in [9.17, 15) is 92.0 Å². The Morgan fingerprint density at radius 2 is 0.669 bits per heavy atom. The third kappa shape index (κ3) is 29.4. The topological polar surface area (TPSA) is 601 Å². The van der Waals surface area contributed by atoms with Crippen LogP contribution in [0.25, 0.3) is 0 Å². The molecule has 148 heavy (non-hydrogen) atoms. The smallest absolute Gasteiger partial charge is 0.407 e. The summed E-state index contributed by atoms with van der Waals surface area (Å²) in [7, 11) is 7.82. The molecular weight excluding hydrogens is 1920 g/mol. The van der Waals surface area contributed by atoms with E-state index in [1.165, 1.54) is 25.2 Å². The van der Waals surface area contributed by atoms with Gasteiger partial charge in [-0.2, -0.15) is 0 Å². The van der Waals surface area contributed by atoms with E-state index in [0.29, 0.717) is 94.8 Å². The molecule has 0 radical (unpaired) electrons. The first-order chi connectivity index (χ1) is 69.7. The summed E-state index contributed by atoms with van der Waals surface area (Å²) in [6.45, 7) is 19.1. The Hall–Kier alpha value is -15.7. The predicted molar refractivity (Wildman–Crippen MR) is 541 cm³/mol. The van der Waals surface area contributed by atoms with Crippen LogP contribution in [0.1, 0.15) is 148 Å². The zero-order valence-electron chi connectivity index (χ0n) is 84.6. The number of nitrogens with one attached hydrogen (secondary N) is 5. The lowest BCUT2D eigenvalue weighted by atomic mass is 10.1. The number of aliphatic hydroxyl groups excluding tert-OH is 3. The number of esters is 2. The number of hydrogen-bond donors (Lipinski definition) is 12. The van der Waals surface area contributed by atoms with Crippen LogP contribution in [-0.4, -0.2) is 283 Å². The standard InChI is InChI=1S/C29H34N4O8.C27H32N4O7.C22H24N4O5.C17H18N2O7.C8H11N.CH4O.H3N/c1-17(34)40-23(25(35)31-20-9-6-18(7-10-20)15-30-28(38)41-29(2,3)4)24-27(37)33(12-13-39-24)21-11-8-19-16-32(5)26(36)22(19)14-21;1-27(2,3)38-26(36)28-14-16-5-8-18(9-6-16)29-23(33)21(32)22-25(35)31(11-12-37-22)19-10-7-17-15-30(4)24(34)20(17)13-19;1-25-12-14-4-7-16(10-17(14)21(25)29)26-8-9-31-19(22(26)30)18(27)20(28)24-15-5-2-13(11-23)3-6-15;1-9(20)26-14(17(23)24)13-16(22)19(5-6-25-13)11-4-3-10-8-18(2)15(21)12(10)7-11;1-2-7-3-5-8(9)6-4-7;1-2;/h6-11,14,23-24H,12-13,15-16H2,1-5H3,(H,30,38)(H,31,35);5-10,13,21-22,32H,11-12,14-15H2,1-4H3,(H,28,36)(H,29,33);2-7,10,18-19,27H,8-9,11-12,23H2,1H3,(H,24,28);3-4,7,13-14H,5-6,8H2,1-2H3,(H,23,24);3-6H,2,9H2,1H3;2H,1H3;1H3/t23-,24-;21-,22-;18-,19-;13-,14-;;;/m1111.../s1. The number of aryl methyl sites for hydroxylation is 1. The average Bonchev–Trinajstić information content (AvgIpc) is 1.61. The number of nitrogen functional groups attached to an aromatic ring is 1. The number of amides is 13. The minimum atomic E-state index is -1.75. The van der Waals surface area contributed by atoms with Gasteiger partial charge in [0, 0.05) is 189 Å². The molecule has 790 valence electrons. The van der Waals surface area contributed by atoms with E-state index in [1.54, 1.807) is 229 Å². The van der Waals surface area contributed by atoms with Crippen LogP contribution in [0, 0.1) is 0 Å². The van der Waals surface area contributed by atoms with Crippen LogP contribution < -0.4 is 63.8 Å². The first-order valence-electron chi connectivity index (χ1n) is 47.1. The van der Waals surface area contributed by atoms with Gasteiger partial charge in [0.2, 0.25) is 12.2 Å². The molecule has 13 amide bonds. The minimum Gasteiger partial charge on any atom is -0.478 e. The van der Waals surface area contributed by atoms with Gasteiger partial charge in [-0.3, -0.25) is 62.3 Å². The fourth-order valence-electron chi connectivity index (χ4n) is 16.4. The van der Waals surface area contributed by atoms with E-state index in [-0.39, 0.29) is 95.5 Å². The van der Waals surface area contributed by atoms with E-state index in [1.807, 2.05) is 18.2 Å². The fourth-order valence-corrected chi connectivity index (χ4v) is 16.4. The Morgan fingerprint density at radius 3 is 0.953 bits per heavy atom. The molecule has 8 atom stereocenters. The Labute approximate surface area is 854 Å². The van der Waals surface area contributed by atoms with Crippen molar-refractivity contribution in [3.63, 3.8) is 0 Å². The average molecular weight is 2050 g/mol. The molecule has 8 aliphatic rings. The third-order valence-corrected chi connectivity index (χ3v) is 23.8. The second-order valence-corrected chi connectivity index (χ2v) is 37.0. The summed E-state index contributed by atoms with van der Waals surface area (Å²) in [5.41, 5.74) is 23.3. The number of carboxylic acids is 1. The summed E-state index contributed by atoms with van der Waals surface area (Å²) >= 11 is 0. The monoisotopic (exact) mass is 2050 g/mol. The summed E-state index contributed by atoms with van der Waals surface area (Å²) < 4.78 is 42.2. The molecule has 4 fully saturated rings. The highest BCUT2D eigenvalue weighted by atomic mass is 16.6. The number of hydrogen-bond acceptors (Lipinski definition) is 30. The number of carbonyl (C=O) groups excluding carboxylic acids is 15. The van der Waals surface area contributed by atoms with Crippen LogP contribution in [0.15, 0.2) is 170 Å². The van der Waals surface area contributed by atoms with Gasteiger partial charge in [-0.1, -0.05) is 79.7 Å². The van der Waals surface area contributed by atoms with Gasteiger partial charge in [0.05, 0.1) is 26.4 Å². The van der Waals surface area contributed by atoms with Gasteiger partial charge in [0.1, 0.15) is 11.2 Å². The van der Waals surface area contributed by atoms with Gasteiger partial charge >= 0.3 is 30.1 Å². The number of nitrogens with zero attached hydrogens (tertiary/aromatic N) is 8. The molecule has 0 bridgehead atoms. The predicted octanol–water partition coefficient (Wildman–Crippen LogP) is 6.71. The maximum atomic E-state index is 13.5. The minimum absolute atomic E-state index is 0. The molecule has 44 heteroatoms. The van der Waals surface area contributed by atoms with Gasteiger partial charge in [0.25, 0.3) is 65.0 Å². The van der Waals surface area contributed by atoms with Crippen molar-refractivity contribution in [2.24, 2.45) is 5.73 Å². The van der Waals surface area contributed by atoms with Crippen LogP contribution in [0.5, 0.6) is 0 Å². The van der Waals surface area contributed by atoms with Gasteiger partial charge < -0.3 is 142 Å². The number of anilines is 8. The second-order valence-electron chi connectivity index (χ2n) is 37.0. The van der Waals surface area contributed by atoms with Crippen molar-refractivity contribution in [1.82, 2.24) is 36.4 Å². The van der Waals surface area contributed by atoms with Crippen LogP contribution in [0.4, 0.5) is 55.1 Å². The normalized spacial score (nSPS) is 17.9. The number of ether oxygens (including phenoxy) is 8. The number of rotatable bonds is 23. The summed E-state index contributed by atoms with van der Waals surface area (Å²) in [5.74, 6) is -8.13.